The van der Waals surface area contributed by atoms with Crippen molar-refractivity contribution in [3.63, 3.8) is 0 Å². The highest BCUT2D eigenvalue weighted by Crippen LogP contribution is 2.29. The van der Waals surface area contributed by atoms with E-state index in [1.807, 2.05) is 0 Å². The van der Waals surface area contributed by atoms with Gasteiger partial charge in [0.2, 0.25) is 0 Å². The highest BCUT2D eigenvalue weighted by Gasteiger charge is 2.31. The summed E-state index contributed by atoms with van der Waals surface area (Å²) in [6.45, 7) is 7.96. The van der Waals surface area contributed by atoms with Crippen LogP contribution < -0.4 is 10.2 Å². The predicted octanol–water partition coefficient (Wildman–Crippen LogP) is 2.63. The summed E-state index contributed by atoms with van der Waals surface area (Å²) in [6, 6.07) is 8.43. The van der Waals surface area contributed by atoms with Crippen LogP contribution in [0.5, 0.6) is 0 Å². The fourth-order valence-corrected chi connectivity index (χ4v) is 3.55. The van der Waals surface area contributed by atoms with Gasteiger partial charge in [-0.25, -0.2) is 0 Å². The van der Waals surface area contributed by atoms with Crippen molar-refractivity contribution in [1.82, 2.24) is 10.2 Å². The third-order valence-corrected chi connectivity index (χ3v) is 5.01. The Labute approximate surface area is 129 Å². The van der Waals surface area contributed by atoms with Crippen LogP contribution in [0, 0.1) is 12.8 Å². The number of nitrogens with one attached hydrogen (secondary N) is 1. The number of nitrogens with zero attached hydrogens (tertiary/aromatic N) is 2. The Kier molecular flexibility index (Phi) is 4.23. The fraction of sp³-hybridized carbons (Fsp3) is 0.667. The van der Waals surface area contributed by atoms with Gasteiger partial charge in [0.25, 0.3) is 0 Å². The molecule has 0 radical (unpaired) electrons. The molecule has 0 spiro atoms. The molecule has 0 amide bonds. The maximum Gasteiger partial charge on any atom is 0.0396 e. The lowest BCUT2D eigenvalue weighted by atomic mass is 10.1. The number of anilines is 1. The molecule has 1 N–H and O–H groups in total. The first-order chi connectivity index (χ1) is 10.0. The molecule has 0 bridgehead atoms. The van der Waals surface area contributed by atoms with E-state index in [-0.39, 0.29) is 0 Å². The molecule has 3 rings (SSSR count). The van der Waals surface area contributed by atoms with Crippen molar-refractivity contribution in [2.24, 2.45) is 5.92 Å². The van der Waals surface area contributed by atoms with Gasteiger partial charge in [-0.2, -0.15) is 0 Å². The Hall–Kier alpha value is -1.06. The van der Waals surface area contributed by atoms with E-state index in [1.54, 1.807) is 0 Å². The van der Waals surface area contributed by atoms with E-state index in [2.05, 4.69) is 61.3 Å². The van der Waals surface area contributed by atoms with E-state index < -0.39 is 0 Å². The average Bonchev–Trinajstić information content (AvgIpc) is 3.18. The van der Waals surface area contributed by atoms with Gasteiger partial charge in [-0.05, 0) is 57.0 Å². The summed E-state index contributed by atoms with van der Waals surface area (Å²) in [5.41, 5.74) is 4.25. The highest BCUT2D eigenvalue weighted by molar-refractivity contribution is 5.55. The molecule has 1 saturated carbocycles. The number of hydrogen-bond donors (Lipinski definition) is 1. The number of rotatable bonds is 5. The zero-order chi connectivity index (χ0) is 15.0. The summed E-state index contributed by atoms with van der Waals surface area (Å²) in [6.07, 6.45) is 2.71. The summed E-state index contributed by atoms with van der Waals surface area (Å²) in [5, 5.41) is 3.60. The molecule has 1 aliphatic heterocycles. The molecule has 116 valence electrons. The van der Waals surface area contributed by atoms with E-state index in [1.165, 1.54) is 36.2 Å². The zero-order valence-corrected chi connectivity index (χ0v) is 13.9. The summed E-state index contributed by atoms with van der Waals surface area (Å²) in [5.74, 6) is 0.732. The summed E-state index contributed by atoms with van der Waals surface area (Å²) in [7, 11) is 4.40. The molecule has 1 aromatic carbocycles. The second-order valence-corrected chi connectivity index (χ2v) is 7.19. The van der Waals surface area contributed by atoms with Crippen LogP contribution in [0.25, 0.3) is 0 Å². The summed E-state index contributed by atoms with van der Waals surface area (Å²) in [4.78, 5) is 4.93. The Morgan fingerprint density at radius 1 is 1.24 bits per heavy atom. The molecule has 2 aliphatic rings. The quantitative estimate of drug-likeness (QED) is 0.898. The molecule has 2 unspecified atom stereocenters. The molecular formula is C18H29N3. The minimum atomic E-state index is 0.667. The van der Waals surface area contributed by atoms with E-state index in [0.29, 0.717) is 6.04 Å². The van der Waals surface area contributed by atoms with Crippen molar-refractivity contribution < 1.29 is 0 Å². The Morgan fingerprint density at radius 3 is 2.57 bits per heavy atom. The number of aryl methyl sites for hydroxylation is 1. The first-order valence-electron chi connectivity index (χ1n) is 8.29. The van der Waals surface area contributed by atoms with E-state index in [4.69, 9.17) is 0 Å². The maximum absolute atomic E-state index is 3.60. The van der Waals surface area contributed by atoms with Gasteiger partial charge in [0.05, 0.1) is 0 Å². The van der Waals surface area contributed by atoms with Gasteiger partial charge in [0.1, 0.15) is 0 Å². The SMILES string of the molecule is Cc1cc(CNC2CC2)ccc1N1CC(C)C(N(C)C)C1. The van der Waals surface area contributed by atoms with Gasteiger partial charge in [-0.3, -0.25) is 0 Å². The van der Waals surface area contributed by atoms with Gasteiger partial charge >= 0.3 is 0 Å². The minimum absolute atomic E-state index is 0.667. The van der Waals surface area contributed by atoms with Crippen molar-refractivity contribution >= 4 is 5.69 Å². The van der Waals surface area contributed by atoms with E-state index in [0.717, 1.165) is 25.0 Å². The van der Waals surface area contributed by atoms with Gasteiger partial charge in [0.15, 0.2) is 0 Å². The van der Waals surface area contributed by atoms with Gasteiger partial charge in [-0.1, -0.05) is 19.1 Å². The van der Waals surface area contributed by atoms with Crippen molar-refractivity contribution in [2.75, 3.05) is 32.1 Å². The summed E-state index contributed by atoms with van der Waals surface area (Å²) < 4.78 is 0. The van der Waals surface area contributed by atoms with Gasteiger partial charge in [-0.15, -0.1) is 0 Å². The van der Waals surface area contributed by atoms with Crippen molar-refractivity contribution in [1.29, 1.82) is 0 Å². The topological polar surface area (TPSA) is 18.5 Å². The zero-order valence-electron chi connectivity index (χ0n) is 13.9. The predicted molar refractivity (Wildman–Crippen MR) is 89.9 cm³/mol. The second kappa shape index (κ2) is 5.98. The molecule has 1 aromatic rings. The van der Waals surface area contributed by atoms with Crippen LogP contribution >= 0.6 is 0 Å². The monoisotopic (exact) mass is 287 g/mol. The molecule has 1 saturated heterocycles. The molecule has 0 aromatic heterocycles. The lowest BCUT2D eigenvalue weighted by Crippen LogP contribution is -2.34. The van der Waals surface area contributed by atoms with Gasteiger partial charge < -0.3 is 15.1 Å². The summed E-state index contributed by atoms with van der Waals surface area (Å²) >= 11 is 0. The molecule has 1 heterocycles. The van der Waals surface area contributed by atoms with Crippen LogP contribution in [0.1, 0.15) is 30.9 Å². The van der Waals surface area contributed by atoms with Crippen LogP contribution in [0.3, 0.4) is 0 Å². The third kappa shape index (κ3) is 3.41. The first kappa shape index (κ1) is 14.9. The minimum Gasteiger partial charge on any atom is -0.369 e. The Bertz CT molecular complexity index is 493. The Morgan fingerprint density at radius 2 is 2.00 bits per heavy atom. The standard InChI is InChI=1S/C18H29N3/c1-13-9-15(10-19-16-6-7-16)5-8-17(13)21-11-14(2)18(12-21)20(3)4/h5,8-9,14,16,18-19H,6-7,10-12H2,1-4H3. The van der Waals surface area contributed by atoms with Crippen LogP contribution in [-0.2, 0) is 6.54 Å². The van der Waals surface area contributed by atoms with Gasteiger partial charge in [0, 0.05) is 37.4 Å². The molecule has 2 fully saturated rings. The Balaban J connectivity index is 1.67. The number of hydrogen-bond acceptors (Lipinski definition) is 3. The third-order valence-electron chi connectivity index (χ3n) is 5.01. The molecule has 21 heavy (non-hydrogen) atoms. The highest BCUT2D eigenvalue weighted by atomic mass is 15.2. The molecular weight excluding hydrogens is 258 g/mol. The maximum atomic E-state index is 3.60. The molecule has 3 nitrogen and oxygen atoms in total. The first-order valence-corrected chi connectivity index (χ1v) is 8.29. The van der Waals surface area contributed by atoms with Crippen molar-refractivity contribution in [3.8, 4) is 0 Å². The van der Waals surface area contributed by atoms with E-state index >= 15 is 0 Å². The molecule has 2 atom stereocenters. The largest absolute Gasteiger partial charge is 0.369 e. The van der Waals surface area contributed by atoms with Crippen LogP contribution in [0.15, 0.2) is 18.2 Å². The second-order valence-electron chi connectivity index (χ2n) is 7.19. The molecule has 1 aliphatic carbocycles. The average molecular weight is 287 g/mol. The van der Waals surface area contributed by atoms with Crippen molar-refractivity contribution in [2.45, 2.75) is 45.3 Å². The number of likely N-dealkylation sites (N-methyl/N-ethyl adjacent to an activating group) is 1. The smallest absolute Gasteiger partial charge is 0.0396 e. The lowest BCUT2D eigenvalue weighted by Gasteiger charge is -2.24. The number of benzene rings is 1. The van der Waals surface area contributed by atoms with Crippen LogP contribution in [-0.4, -0.2) is 44.2 Å². The normalized spacial score (nSPS) is 25.9. The fourth-order valence-electron chi connectivity index (χ4n) is 3.55. The van der Waals surface area contributed by atoms with Crippen LogP contribution in [0.2, 0.25) is 0 Å². The van der Waals surface area contributed by atoms with Crippen molar-refractivity contribution in [3.05, 3.63) is 29.3 Å². The van der Waals surface area contributed by atoms with E-state index in [9.17, 15) is 0 Å². The molecule has 3 heteroatoms. The lowest BCUT2D eigenvalue weighted by molar-refractivity contribution is 0.266. The van der Waals surface area contributed by atoms with Crippen LogP contribution in [0.4, 0.5) is 5.69 Å².